The van der Waals surface area contributed by atoms with Gasteiger partial charge in [-0.3, -0.25) is 4.79 Å². The standard InChI is InChI=1S/C27H37N3O3/c1-21(28-26(32)33-20-23-12-8-5-9-13-23)25(31)29-24-15-18-27(19-16-24,30(2)3)17-14-22-10-6-4-7-11-22/h4-13,21,24H,14-20H2,1-3H3,(H,28,32)(H,29,31). The highest BCUT2D eigenvalue weighted by Gasteiger charge is 2.37. The van der Waals surface area contributed by atoms with Crippen LogP contribution in [-0.2, 0) is 22.6 Å². The molecule has 1 unspecified atom stereocenters. The number of nitrogens with zero attached hydrogens (tertiary/aromatic N) is 1. The molecule has 178 valence electrons. The molecule has 1 aliphatic rings. The highest BCUT2D eigenvalue weighted by atomic mass is 16.5. The third-order valence-electron chi connectivity index (χ3n) is 6.87. The van der Waals surface area contributed by atoms with E-state index in [0.717, 1.165) is 44.1 Å². The molecule has 3 rings (SSSR count). The number of ether oxygens (including phenoxy) is 1. The molecular weight excluding hydrogens is 414 g/mol. The lowest BCUT2D eigenvalue weighted by molar-refractivity contribution is -0.123. The lowest BCUT2D eigenvalue weighted by Crippen LogP contribution is -2.53. The molecule has 1 saturated carbocycles. The maximum absolute atomic E-state index is 12.6. The first-order chi connectivity index (χ1) is 15.9. The summed E-state index contributed by atoms with van der Waals surface area (Å²) in [5.41, 5.74) is 2.43. The summed E-state index contributed by atoms with van der Waals surface area (Å²) < 4.78 is 5.22. The summed E-state index contributed by atoms with van der Waals surface area (Å²) >= 11 is 0. The van der Waals surface area contributed by atoms with Gasteiger partial charge in [-0.1, -0.05) is 60.7 Å². The molecule has 6 nitrogen and oxygen atoms in total. The molecule has 0 heterocycles. The van der Waals surface area contributed by atoms with E-state index < -0.39 is 12.1 Å². The first-order valence-electron chi connectivity index (χ1n) is 11.9. The second-order valence-electron chi connectivity index (χ2n) is 9.31. The summed E-state index contributed by atoms with van der Waals surface area (Å²) in [7, 11) is 4.33. The van der Waals surface area contributed by atoms with Crippen molar-refractivity contribution in [1.29, 1.82) is 0 Å². The third kappa shape index (κ3) is 7.32. The van der Waals surface area contributed by atoms with Gasteiger partial charge in [0.2, 0.25) is 5.91 Å². The van der Waals surface area contributed by atoms with Crippen LogP contribution in [0.25, 0.3) is 0 Å². The van der Waals surface area contributed by atoms with Crippen LogP contribution in [0.4, 0.5) is 4.79 Å². The van der Waals surface area contributed by atoms with E-state index in [9.17, 15) is 9.59 Å². The zero-order chi connectivity index (χ0) is 23.7. The van der Waals surface area contributed by atoms with Crippen molar-refractivity contribution in [2.45, 2.75) is 69.7 Å². The van der Waals surface area contributed by atoms with E-state index in [1.165, 1.54) is 5.56 Å². The van der Waals surface area contributed by atoms with Gasteiger partial charge < -0.3 is 20.3 Å². The van der Waals surface area contributed by atoms with Crippen molar-refractivity contribution in [2.24, 2.45) is 0 Å². The lowest BCUT2D eigenvalue weighted by atomic mass is 9.75. The molecule has 2 aromatic rings. The van der Waals surface area contributed by atoms with Crippen LogP contribution in [0, 0.1) is 0 Å². The van der Waals surface area contributed by atoms with Crippen LogP contribution < -0.4 is 10.6 Å². The minimum absolute atomic E-state index is 0.131. The van der Waals surface area contributed by atoms with Crippen molar-refractivity contribution >= 4 is 12.0 Å². The van der Waals surface area contributed by atoms with Gasteiger partial charge in [0.05, 0.1) is 0 Å². The summed E-state index contributed by atoms with van der Waals surface area (Å²) in [5.74, 6) is -0.168. The van der Waals surface area contributed by atoms with E-state index in [4.69, 9.17) is 4.74 Å². The predicted molar refractivity (Wildman–Crippen MR) is 131 cm³/mol. The van der Waals surface area contributed by atoms with Gasteiger partial charge in [-0.25, -0.2) is 4.79 Å². The number of rotatable bonds is 9. The van der Waals surface area contributed by atoms with Crippen LogP contribution in [0.5, 0.6) is 0 Å². The third-order valence-corrected chi connectivity index (χ3v) is 6.87. The van der Waals surface area contributed by atoms with Gasteiger partial charge >= 0.3 is 6.09 Å². The fourth-order valence-corrected chi connectivity index (χ4v) is 4.58. The van der Waals surface area contributed by atoms with E-state index in [0.29, 0.717) is 0 Å². The molecule has 0 radical (unpaired) electrons. The summed E-state index contributed by atoms with van der Waals surface area (Å²) in [6, 6.07) is 19.6. The largest absolute Gasteiger partial charge is 0.445 e. The normalized spacial score (nSPS) is 21.3. The molecule has 6 heteroatoms. The number of aryl methyl sites for hydroxylation is 1. The van der Waals surface area contributed by atoms with E-state index in [-0.39, 0.29) is 24.1 Å². The van der Waals surface area contributed by atoms with E-state index in [2.05, 4.69) is 60.0 Å². The zero-order valence-corrected chi connectivity index (χ0v) is 20.0. The summed E-state index contributed by atoms with van der Waals surface area (Å²) in [5, 5.41) is 5.75. The van der Waals surface area contributed by atoms with Crippen molar-refractivity contribution in [3.05, 3.63) is 71.8 Å². The van der Waals surface area contributed by atoms with Crippen molar-refractivity contribution in [2.75, 3.05) is 14.1 Å². The molecule has 0 aliphatic heterocycles. The van der Waals surface area contributed by atoms with Gasteiger partial charge in [0.25, 0.3) is 0 Å². The number of hydrogen-bond donors (Lipinski definition) is 2. The number of carbonyl (C=O) groups excluding carboxylic acids is 2. The van der Waals surface area contributed by atoms with Crippen LogP contribution in [0.15, 0.2) is 60.7 Å². The van der Waals surface area contributed by atoms with Crippen LogP contribution >= 0.6 is 0 Å². The highest BCUT2D eigenvalue weighted by Crippen LogP contribution is 2.36. The number of benzene rings is 2. The smallest absolute Gasteiger partial charge is 0.408 e. The highest BCUT2D eigenvalue weighted by molar-refractivity contribution is 5.85. The molecule has 2 N–H and O–H groups in total. The summed E-state index contributed by atoms with van der Waals surface area (Å²) in [4.78, 5) is 27.1. The Bertz CT molecular complexity index is 878. The number of nitrogens with one attached hydrogen (secondary N) is 2. The van der Waals surface area contributed by atoms with E-state index in [1.54, 1.807) is 6.92 Å². The minimum atomic E-state index is -0.646. The molecule has 1 atom stereocenters. The summed E-state index contributed by atoms with van der Waals surface area (Å²) in [6.45, 7) is 1.87. The SMILES string of the molecule is CC(NC(=O)OCc1ccccc1)C(=O)NC1CCC(CCc2ccccc2)(N(C)C)CC1. The number of hydrogen-bond acceptors (Lipinski definition) is 4. The van der Waals surface area contributed by atoms with Gasteiger partial charge in [-0.15, -0.1) is 0 Å². The lowest BCUT2D eigenvalue weighted by Gasteiger charge is -2.45. The first kappa shape index (κ1) is 24.8. The Kier molecular flexibility index (Phi) is 8.89. The topological polar surface area (TPSA) is 70.7 Å². The average Bonchev–Trinajstić information content (AvgIpc) is 2.83. The Balaban J connectivity index is 1.42. The summed E-state index contributed by atoms with van der Waals surface area (Å²) in [6.07, 6.45) is 5.53. The van der Waals surface area contributed by atoms with E-state index >= 15 is 0 Å². The van der Waals surface area contributed by atoms with Crippen LogP contribution in [0.1, 0.15) is 50.2 Å². The molecular formula is C27H37N3O3. The van der Waals surface area contributed by atoms with Gasteiger partial charge in [0.1, 0.15) is 12.6 Å². The second-order valence-corrected chi connectivity index (χ2v) is 9.31. The fraction of sp³-hybridized carbons (Fsp3) is 0.481. The van der Waals surface area contributed by atoms with Crippen molar-refractivity contribution in [1.82, 2.24) is 15.5 Å². The molecule has 1 fully saturated rings. The minimum Gasteiger partial charge on any atom is -0.445 e. The first-order valence-corrected chi connectivity index (χ1v) is 11.9. The molecule has 1 aliphatic carbocycles. The quantitative estimate of drug-likeness (QED) is 0.597. The van der Waals surface area contributed by atoms with Gasteiger partial charge in [-0.05, 0) is 70.7 Å². The molecule has 0 aromatic heterocycles. The maximum Gasteiger partial charge on any atom is 0.408 e. The van der Waals surface area contributed by atoms with Crippen molar-refractivity contribution in [3.63, 3.8) is 0 Å². The molecule has 0 bridgehead atoms. The number of alkyl carbamates (subject to hydrolysis) is 1. The van der Waals surface area contributed by atoms with E-state index in [1.807, 2.05) is 30.3 Å². The Morgan fingerprint density at radius 2 is 1.58 bits per heavy atom. The van der Waals surface area contributed by atoms with Gasteiger partial charge in [0.15, 0.2) is 0 Å². The van der Waals surface area contributed by atoms with Gasteiger partial charge in [-0.2, -0.15) is 0 Å². The Morgan fingerprint density at radius 3 is 2.15 bits per heavy atom. The van der Waals surface area contributed by atoms with Crippen LogP contribution in [-0.4, -0.2) is 48.6 Å². The van der Waals surface area contributed by atoms with Crippen LogP contribution in [0.2, 0.25) is 0 Å². The van der Waals surface area contributed by atoms with Crippen molar-refractivity contribution in [3.8, 4) is 0 Å². The molecule has 2 aromatic carbocycles. The molecule has 0 spiro atoms. The zero-order valence-electron chi connectivity index (χ0n) is 20.0. The van der Waals surface area contributed by atoms with Crippen LogP contribution in [0.3, 0.4) is 0 Å². The monoisotopic (exact) mass is 451 g/mol. The van der Waals surface area contributed by atoms with Gasteiger partial charge in [0, 0.05) is 11.6 Å². The second kappa shape index (κ2) is 11.8. The fourth-order valence-electron chi connectivity index (χ4n) is 4.58. The van der Waals surface area contributed by atoms with Crippen molar-refractivity contribution < 1.29 is 14.3 Å². The average molecular weight is 452 g/mol. The Hall–Kier alpha value is -2.86. The molecule has 0 saturated heterocycles. The number of amides is 2. The predicted octanol–water partition coefficient (Wildman–Crippen LogP) is 4.29. The Labute approximate surface area is 197 Å². The maximum atomic E-state index is 12.6. The molecule has 33 heavy (non-hydrogen) atoms. The molecule has 2 amide bonds. The number of carbonyl (C=O) groups is 2. The Morgan fingerprint density at radius 1 is 1.00 bits per heavy atom.